The molecule has 0 spiro atoms. The highest BCUT2D eigenvalue weighted by Gasteiger charge is 2.22. The van der Waals surface area contributed by atoms with Crippen LogP contribution in [0.3, 0.4) is 0 Å². The van der Waals surface area contributed by atoms with Gasteiger partial charge in [0.1, 0.15) is 5.82 Å². The molecule has 0 saturated carbocycles. The molecular weight excluding hydrogens is 256 g/mol. The Labute approximate surface area is 98.8 Å². The standard InChI is InChI=1S/C8H13ClN2O2S2/c1-3-7-10-8(14-11-7)15(12,13)5-6(2)4-9/h6H,3-5H2,1-2H3. The number of sulfone groups is 1. The maximum atomic E-state index is 11.8. The molecule has 15 heavy (non-hydrogen) atoms. The zero-order valence-corrected chi connectivity index (χ0v) is 11.0. The first-order valence-electron chi connectivity index (χ1n) is 4.61. The van der Waals surface area contributed by atoms with Crippen LogP contribution in [0.4, 0.5) is 0 Å². The molecule has 0 saturated heterocycles. The van der Waals surface area contributed by atoms with E-state index in [2.05, 4.69) is 9.36 Å². The first kappa shape index (κ1) is 12.9. The van der Waals surface area contributed by atoms with E-state index in [4.69, 9.17) is 11.6 Å². The molecule has 0 bridgehead atoms. The van der Waals surface area contributed by atoms with Crippen molar-refractivity contribution in [1.29, 1.82) is 0 Å². The highest BCUT2D eigenvalue weighted by atomic mass is 35.5. The quantitative estimate of drug-likeness (QED) is 0.764. The SMILES string of the molecule is CCc1nsc(S(=O)(=O)CC(C)CCl)n1. The van der Waals surface area contributed by atoms with Crippen molar-refractivity contribution in [3.05, 3.63) is 5.82 Å². The Bertz CT molecular complexity index is 416. The molecule has 0 aromatic carbocycles. The van der Waals surface area contributed by atoms with Gasteiger partial charge in [-0.25, -0.2) is 13.4 Å². The van der Waals surface area contributed by atoms with Crippen LogP contribution in [0.1, 0.15) is 19.7 Å². The molecule has 1 unspecified atom stereocenters. The Kier molecular flexibility index (Phi) is 4.48. The minimum atomic E-state index is -3.30. The Morgan fingerprint density at radius 2 is 2.20 bits per heavy atom. The van der Waals surface area contributed by atoms with Gasteiger partial charge in [-0.15, -0.1) is 11.6 Å². The third kappa shape index (κ3) is 3.39. The van der Waals surface area contributed by atoms with E-state index in [-0.39, 0.29) is 16.0 Å². The van der Waals surface area contributed by atoms with Gasteiger partial charge in [0.2, 0.25) is 14.2 Å². The topological polar surface area (TPSA) is 59.9 Å². The van der Waals surface area contributed by atoms with Gasteiger partial charge in [0.15, 0.2) is 0 Å². The van der Waals surface area contributed by atoms with Crippen molar-refractivity contribution in [1.82, 2.24) is 9.36 Å². The Hall–Kier alpha value is -0.200. The summed E-state index contributed by atoms with van der Waals surface area (Å²) in [5.41, 5.74) is 0. The molecule has 1 atom stereocenters. The molecule has 7 heteroatoms. The molecule has 1 aromatic heterocycles. The van der Waals surface area contributed by atoms with Crippen LogP contribution < -0.4 is 0 Å². The fourth-order valence-electron chi connectivity index (χ4n) is 0.998. The van der Waals surface area contributed by atoms with Crippen LogP contribution in [0.25, 0.3) is 0 Å². The lowest BCUT2D eigenvalue weighted by atomic mass is 10.3. The first-order valence-corrected chi connectivity index (χ1v) is 7.57. The molecule has 1 rings (SSSR count). The summed E-state index contributed by atoms with van der Waals surface area (Å²) in [7, 11) is -3.30. The summed E-state index contributed by atoms with van der Waals surface area (Å²) in [6.07, 6.45) is 0.650. The molecule has 1 aromatic rings. The van der Waals surface area contributed by atoms with Gasteiger partial charge in [-0.2, -0.15) is 4.37 Å². The third-order valence-corrected chi connectivity index (χ3v) is 5.49. The van der Waals surface area contributed by atoms with E-state index in [1.165, 1.54) is 0 Å². The van der Waals surface area contributed by atoms with Crippen LogP contribution in [0.2, 0.25) is 0 Å². The van der Waals surface area contributed by atoms with E-state index in [0.717, 1.165) is 11.5 Å². The van der Waals surface area contributed by atoms with Gasteiger partial charge in [0, 0.05) is 12.3 Å². The van der Waals surface area contributed by atoms with E-state index in [1.807, 2.05) is 6.92 Å². The molecule has 0 fully saturated rings. The van der Waals surface area contributed by atoms with Crippen molar-refractivity contribution in [3.63, 3.8) is 0 Å². The van der Waals surface area contributed by atoms with E-state index >= 15 is 0 Å². The number of aromatic nitrogens is 2. The van der Waals surface area contributed by atoms with E-state index < -0.39 is 9.84 Å². The maximum absolute atomic E-state index is 11.8. The minimum absolute atomic E-state index is 0.0366. The molecule has 0 radical (unpaired) electrons. The molecular formula is C8H13ClN2O2S2. The second-order valence-electron chi connectivity index (χ2n) is 3.37. The summed E-state index contributed by atoms with van der Waals surface area (Å²) in [4.78, 5) is 3.96. The second-order valence-corrected chi connectivity index (χ2v) is 6.64. The van der Waals surface area contributed by atoms with Crippen LogP contribution in [-0.4, -0.2) is 29.4 Å². The third-order valence-electron chi connectivity index (χ3n) is 1.80. The molecule has 4 nitrogen and oxygen atoms in total. The zero-order valence-electron chi connectivity index (χ0n) is 8.60. The predicted octanol–water partition coefficient (Wildman–Crippen LogP) is 1.75. The van der Waals surface area contributed by atoms with E-state index in [1.54, 1.807) is 6.92 Å². The first-order chi connectivity index (χ1) is 6.99. The van der Waals surface area contributed by atoms with Crippen LogP contribution in [0.5, 0.6) is 0 Å². The monoisotopic (exact) mass is 268 g/mol. The number of aryl methyl sites for hydroxylation is 1. The highest BCUT2D eigenvalue weighted by molar-refractivity contribution is 7.93. The second kappa shape index (κ2) is 5.23. The van der Waals surface area contributed by atoms with E-state index in [0.29, 0.717) is 18.1 Å². The van der Waals surface area contributed by atoms with Gasteiger partial charge in [0.25, 0.3) is 0 Å². The van der Waals surface area contributed by atoms with Crippen LogP contribution >= 0.6 is 23.1 Å². The molecule has 0 N–H and O–H groups in total. The summed E-state index contributed by atoms with van der Waals surface area (Å²) in [5, 5.41) is 0. The Balaban J connectivity index is 2.86. The van der Waals surface area contributed by atoms with E-state index in [9.17, 15) is 8.42 Å². The normalized spacial score (nSPS) is 14.1. The maximum Gasteiger partial charge on any atom is 0.228 e. The summed E-state index contributed by atoms with van der Waals surface area (Å²) >= 11 is 6.52. The largest absolute Gasteiger partial charge is 0.228 e. The number of halogens is 1. The summed E-state index contributed by atoms with van der Waals surface area (Å²) in [5.74, 6) is 0.885. The van der Waals surface area contributed by atoms with Crippen molar-refractivity contribution < 1.29 is 8.42 Å². The Morgan fingerprint density at radius 3 is 2.67 bits per heavy atom. The van der Waals surface area contributed by atoms with Crippen molar-refractivity contribution in [3.8, 4) is 0 Å². The number of hydrogen-bond donors (Lipinski definition) is 0. The van der Waals surface area contributed by atoms with Crippen molar-refractivity contribution in [2.75, 3.05) is 11.6 Å². The number of hydrogen-bond acceptors (Lipinski definition) is 5. The van der Waals surface area contributed by atoms with Gasteiger partial charge >= 0.3 is 0 Å². The average Bonchev–Trinajstić information content (AvgIpc) is 2.65. The number of nitrogens with zero attached hydrogens (tertiary/aromatic N) is 2. The van der Waals surface area contributed by atoms with Gasteiger partial charge in [0.05, 0.1) is 5.75 Å². The fraction of sp³-hybridized carbons (Fsp3) is 0.750. The molecule has 0 amide bonds. The number of rotatable bonds is 5. The van der Waals surface area contributed by atoms with Gasteiger partial charge in [-0.1, -0.05) is 13.8 Å². The summed E-state index contributed by atoms with van der Waals surface area (Å²) in [6, 6.07) is 0. The molecule has 0 aliphatic carbocycles. The van der Waals surface area contributed by atoms with Crippen molar-refractivity contribution in [2.45, 2.75) is 24.6 Å². The summed E-state index contributed by atoms with van der Waals surface area (Å²) < 4.78 is 27.6. The molecule has 0 aliphatic rings. The smallest absolute Gasteiger partial charge is 0.221 e. The highest BCUT2D eigenvalue weighted by Crippen LogP contribution is 2.17. The average molecular weight is 269 g/mol. The predicted molar refractivity (Wildman–Crippen MR) is 61.2 cm³/mol. The van der Waals surface area contributed by atoms with Gasteiger partial charge in [-0.3, -0.25) is 0 Å². The lowest BCUT2D eigenvalue weighted by Gasteiger charge is -2.05. The van der Waals surface area contributed by atoms with Crippen LogP contribution in [0, 0.1) is 5.92 Å². The minimum Gasteiger partial charge on any atom is -0.221 e. The fourth-order valence-corrected chi connectivity index (χ4v) is 3.76. The molecule has 0 aliphatic heterocycles. The summed E-state index contributed by atoms with van der Waals surface area (Å²) in [6.45, 7) is 3.69. The van der Waals surface area contributed by atoms with Crippen molar-refractivity contribution in [2.24, 2.45) is 5.92 Å². The van der Waals surface area contributed by atoms with Gasteiger partial charge < -0.3 is 0 Å². The lowest BCUT2D eigenvalue weighted by Crippen LogP contribution is -2.15. The molecule has 86 valence electrons. The van der Waals surface area contributed by atoms with Crippen LogP contribution in [0.15, 0.2) is 4.34 Å². The lowest BCUT2D eigenvalue weighted by molar-refractivity contribution is 0.582. The zero-order chi connectivity index (χ0) is 11.5. The van der Waals surface area contributed by atoms with Crippen LogP contribution in [-0.2, 0) is 16.3 Å². The number of alkyl halides is 1. The van der Waals surface area contributed by atoms with Crippen molar-refractivity contribution >= 4 is 33.0 Å². The molecule has 1 heterocycles. The van der Waals surface area contributed by atoms with Gasteiger partial charge in [-0.05, 0) is 17.5 Å². The Morgan fingerprint density at radius 1 is 1.53 bits per heavy atom.